The van der Waals surface area contributed by atoms with Gasteiger partial charge >= 0.3 is 0 Å². The Labute approximate surface area is 156 Å². The maximum atomic E-state index is 13.2. The molecule has 0 fully saturated rings. The van der Waals surface area contributed by atoms with E-state index in [4.69, 9.17) is 11.6 Å². The van der Waals surface area contributed by atoms with Crippen LogP contribution >= 0.6 is 11.6 Å². The molecule has 1 heterocycles. The maximum absolute atomic E-state index is 13.2. The van der Waals surface area contributed by atoms with Gasteiger partial charge in [0.15, 0.2) is 0 Å². The van der Waals surface area contributed by atoms with Gasteiger partial charge in [-0.25, -0.2) is 17.5 Å². The molecule has 3 rings (SSSR count). The smallest absolute Gasteiger partial charge is 0.265 e. The minimum Gasteiger partial charge on any atom is -0.278 e. The number of hydrogen-bond donors (Lipinski definition) is 1. The Balaban J connectivity index is 2.04. The standard InChI is InChI=1S/C18H17ClFN3O2S/c1-11-4-7-15(8-5-11)23-13(3)18(12(2)21-23)26(24,25)22-17-9-6-14(20)10-16(17)19/h4-10,22H,1-3H3. The van der Waals surface area contributed by atoms with Crippen LogP contribution < -0.4 is 4.72 Å². The second kappa shape index (κ2) is 6.74. The molecule has 8 heteroatoms. The van der Waals surface area contributed by atoms with Gasteiger partial charge in [0, 0.05) is 0 Å². The molecule has 0 radical (unpaired) electrons. The lowest BCUT2D eigenvalue weighted by atomic mass is 10.2. The summed E-state index contributed by atoms with van der Waals surface area (Å²) in [6.07, 6.45) is 0. The van der Waals surface area contributed by atoms with Crippen molar-refractivity contribution in [3.05, 3.63) is 70.3 Å². The van der Waals surface area contributed by atoms with Crippen LogP contribution in [0.15, 0.2) is 47.4 Å². The SMILES string of the molecule is Cc1ccc(-n2nc(C)c(S(=O)(=O)Nc3ccc(F)cc3Cl)c2C)cc1. The average molecular weight is 394 g/mol. The zero-order valence-corrected chi connectivity index (χ0v) is 16.0. The van der Waals surface area contributed by atoms with E-state index in [2.05, 4.69) is 9.82 Å². The third-order valence-corrected chi connectivity index (χ3v) is 5.88. The van der Waals surface area contributed by atoms with Crippen LogP contribution in [-0.4, -0.2) is 18.2 Å². The third-order valence-electron chi connectivity index (χ3n) is 3.95. The van der Waals surface area contributed by atoms with Crippen molar-refractivity contribution in [2.75, 3.05) is 4.72 Å². The van der Waals surface area contributed by atoms with Gasteiger partial charge in [-0.3, -0.25) is 4.72 Å². The predicted molar refractivity (Wildman–Crippen MR) is 100.0 cm³/mol. The topological polar surface area (TPSA) is 64.0 Å². The number of sulfonamides is 1. The molecule has 0 saturated heterocycles. The molecular formula is C18H17ClFN3O2S. The molecule has 2 aromatic carbocycles. The van der Waals surface area contributed by atoms with E-state index in [1.165, 1.54) is 6.07 Å². The average Bonchev–Trinajstić information content (AvgIpc) is 2.86. The highest BCUT2D eigenvalue weighted by molar-refractivity contribution is 7.92. The molecule has 0 unspecified atom stereocenters. The number of nitrogens with one attached hydrogen (secondary N) is 1. The molecule has 0 spiro atoms. The highest BCUT2D eigenvalue weighted by Crippen LogP contribution is 2.28. The number of aryl methyl sites for hydroxylation is 2. The summed E-state index contributed by atoms with van der Waals surface area (Å²) in [5, 5.41) is 4.34. The van der Waals surface area contributed by atoms with Gasteiger partial charge in [0.25, 0.3) is 10.0 Å². The lowest BCUT2D eigenvalue weighted by Crippen LogP contribution is -2.15. The summed E-state index contributed by atoms with van der Waals surface area (Å²) < 4.78 is 42.9. The number of aromatic nitrogens is 2. The normalized spacial score (nSPS) is 11.6. The third kappa shape index (κ3) is 3.45. The van der Waals surface area contributed by atoms with Crippen molar-refractivity contribution < 1.29 is 12.8 Å². The van der Waals surface area contributed by atoms with Crippen molar-refractivity contribution in [2.24, 2.45) is 0 Å². The quantitative estimate of drug-likeness (QED) is 0.714. The Morgan fingerprint density at radius 1 is 1.08 bits per heavy atom. The molecule has 5 nitrogen and oxygen atoms in total. The van der Waals surface area contributed by atoms with Crippen LogP contribution in [0.2, 0.25) is 5.02 Å². The molecule has 0 aliphatic rings. The monoisotopic (exact) mass is 393 g/mol. The van der Waals surface area contributed by atoms with Crippen molar-refractivity contribution in [1.82, 2.24) is 9.78 Å². The van der Waals surface area contributed by atoms with Gasteiger partial charge in [-0.05, 0) is 51.1 Å². The summed E-state index contributed by atoms with van der Waals surface area (Å²) >= 11 is 5.93. The Morgan fingerprint density at radius 2 is 1.73 bits per heavy atom. The predicted octanol–water partition coefficient (Wildman–Crippen LogP) is 4.39. The largest absolute Gasteiger partial charge is 0.278 e. The van der Waals surface area contributed by atoms with E-state index >= 15 is 0 Å². The molecule has 0 atom stereocenters. The highest BCUT2D eigenvalue weighted by atomic mass is 35.5. The van der Waals surface area contributed by atoms with Crippen LogP contribution in [-0.2, 0) is 10.0 Å². The number of benzene rings is 2. The number of anilines is 1. The van der Waals surface area contributed by atoms with Gasteiger partial charge in [-0.1, -0.05) is 29.3 Å². The summed E-state index contributed by atoms with van der Waals surface area (Å²) in [4.78, 5) is 0.0680. The molecule has 136 valence electrons. The first-order valence-electron chi connectivity index (χ1n) is 7.80. The second-order valence-corrected chi connectivity index (χ2v) is 8.00. The van der Waals surface area contributed by atoms with Crippen molar-refractivity contribution in [2.45, 2.75) is 25.7 Å². The minimum absolute atomic E-state index is 0.0187. The fourth-order valence-electron chi connectivity index (χ4n) is 2.72. The van der Waals surface area contributed by atoms with Crippen LogP contribution in [0.1, 0.15) is 17.0 Å². The van der Waals surface area contributed by atoms with Gasteiger partial charge in [0.2, 0.25) is 0 Å². The van der Waals surface area contributed by atoms with Gasteiger partial charge < -0.3 is 0 Å². The summed E-state index contributed by atoms with van der Waals surface area (Å²) in [7, 11) is -3.95. The van der Waals surface area contributed by atoms with Crippen LogP contribution in [0.5, 0.6) is 0 Å². The molecule has 0 amide bonds. The first-order chi connectivity index (χ1) is 12.2. The first kappa shape index (κ1) is 18.4. The Morgan fingerprint density at radius 3 is 2.35 bits per heavy atom. The molecule has 0 saturated carbocycles. The van der Waals surface area contributed by atoms with E-state index in [0.717, 1.165) is 23.4 Å². The fraction of sp³-hybridized carbons (Fsp3) is 0.167. The van der Waals surface area contributed by atoms with Crippen LogP contribution in [0, 0.1) is 26.6 Å². The molecule has 0 bridgehead atoms. The lowest BCUT2D eigenvalue weighted by Gasteiger charge is -2.10. The Kier molecular flexibility index (Phi) is 4.77. The zero-order chi connectivity index (χ0) is 19.1. The van der Waals surface area contributed by atoms with Crippen molar-refractivity contribution in [3.8, 4) is 5.69 Å². The van der Waals surface area contributed by atoms with E-state index < -0.39 is 15.8 Å². The lowest BCUT2D eigenvalue weighted by molar-refractivity contribution is 0.599. The number of halogens is 2. The summed E-state index contributed by atoms with van der Waals surface area (Å²) in [5.74, 6) is -0.544. The van der Waals surface area contributed by atoms with E-state index in [-0.39, 0.29) is 15.6 Å². The van der Waals surface area contributed by atoms with Crippen molar-refractivity contribution in [3.63, 3.8) is 0 Å². The van der Waals surface area contributed by atoms with Crippen LogP contribution in [0.25, 0.3) is 5.69 Å². The summed E-state index contributed by atoms with van der Waals surface area (Å²) in [5.41, 5.74) is 2.79. The summed E-state index contributed by atoms with van der Waals surface area (Å²) in [6, 6.07) is 11.1. The summed E-state index contributed by atoms with van der Waals surface area (Å²) in [6.45, 7) is 5.27. The molecule has 1 aromatic heterocycles. The fourth-order valence-corrected chi connectivity index (χ4v) is 4.47. The highest BCUT2D eigenvalue weighted by Gasteiger charge is 2.26. The zero-order valence-electron chi connectivity index (χ0n) is 14.4. The minimum atomic E-state index is -3.95. The van der Waals surface area contributed by atoms with Gasteiger partial charge in [-0.15, -0.1) is 0 Å². The Hall–Kier alpha value is -2.38. The Bertz CT molecular complexity index is 1080. The van der Waals surface area contributed by atoms with Gasteiger partial charge in [0.1, 0.15) is 10.7 Å². The number of hydrogen-bond acceptors (Lipinski definition) is 3. The molecule has 1 N–H and O–H groups in total. The molecule has 0 aliphatic carbocycles. The van der Waals surface area contributed by atoms with Gasteiger partial charge in [0.05, 0.1) is 27.8 Å². The van der Waals surface area contributed by atoms with Gasteiger partial charge in [-0.2, -0.15) is 5.10 Å². The van der Waals surface area contributed by atoms with E-state index in [0.29, 0.717) is 11.4 Å². The van der Waals surface area contributed by atoms with Crippen LogP contribution in [0.4, 0.5) is 10.1 Å². The van der Waals surface area contributed by atoms with Crippen LogP contribution in [0.3, 0.4) is 0 Å². The first-order valence-corrected chi connectivity index (χ1v) is 9.66. The molecule has 26 heavy (non-hydrogen) atoms. The molecule has 0 aliphatic heterocycles. The van der Waals surface area contributed by atoms with E-state index in [1.54, 1.807) is 18.5 Å². The molecular weight excluding hydrogens is 377 g/mol. The van der Waals surface area contributed by atoms with Crippen molar-refractivity contribution >= 4 is 27.3 Å². The van der Waals surface area contributed by atoms with E-state index in [1.807, 2.05) is 31.2 Å². The maximum Gasteiger partial charge on any atom is 0.265 e. The van der Waals surface area contributed by atoms with Crippen molar-refractivity contribution in [1.29, 1.82) is 0 Å². The number of rotatable bonds is 4. The second-order valence-electron chi connectivity index (χ2n) is 5.98. The number of nitrogens with zero attached hydrogens (tertiary/aromatic N) is 2. The molecule has 3 aromatic rings. The van der Waals surface area contributed by atoms with E-state index in [9.17, 15) is 12.8 Å².